The number of hydrogen-bond donors (Lipinski definition) is 1. The minimum atomic E-state index is -1.59. The fourth-order valence-electron chi connectivity index (χ4n) is 2.09. The van der Waals surface area contributed by atoms with E-state index in [9.17, 15) is 17.6 Å². The summed E-state index contributed by atoms with van der Waals surface area (Å²) in [5.74, 6) is -4.84. The summed E-state index contributed by atoms with van der Waals surface area (Å²) in [4.78, 5) is 0. The van der Waals surface area contributed by atoms with Crippen LogP contribution in [0.1, 0.15) is 24.1 Å². The second kappa shape index (κ2) is 6.45. The van der Waals surface area contributed by atoms with Gasteiger partial charge in [0, 0.05) is 16.1 Å². The molecule has 1 unspecified atom stereocenters. The van der Waals surface area contributed by atoms with E-state index in [2.05, 4.69) is 5.32 Å². The highest BCUT2D eigenvalue weighted by Gasteiger charge is 2.24. The second-order valence-electron chi connectivity index (χ2n) is 4.42. The van der Waals surface area contributed by atoms with Crippen molar-refractivity contribution in [2.45, 2.75) is 13.0 Å². The molecule has 1 nitrogen and oxygen atoms in total. The SMILES string of the molecule is CCNC(c1cc(Cl)ccc1F)c1ccc(F)c(F)c1F. The highest BCUT2D eigenvalue weighted by Crippen LogP contribution is 2.30. The van der Waals surface area contributed by atoms with Crippen LogP contribution < -0.4 is 5.32 Å². The van der Waals surface area contributed by atoms with Gasteiger partial charge in [-0.1, -0.05) is 24.6 Å². The lowest BCUT2D eigenvalue weighted by Crippen LogP contribution is -2.24. The zero-order valence-corrected chi connectivity index (χ0v) is 11.8. The summed E-state index contributed by atoms with van der Waals surface area (Å²) in [6.45, 7) is 2.10. The summed E-state index contributed by atoms with van der Waals surface area (Å²) in [7, 11) is 0. The molecule has 0 radical (unpaired) electrons. The van der Waals surface area contributed by atoms with E-state index in [4.69, 9.17) is 11.6 Å². The third kappa shape index (κ3) is 3.19. The van der Waals surface area contributed by atoms with Crippen LogP contribution >= 0.6 is 11.6 Å². The Bertz CT molecular complexity index is 660. The van der Waals surface area contributed by atoms with Crippen LogP contribution in [0.2, 0.25) is 5.02 Å². The van der Waals surface area contributed by atoms with E-state index in [1.807, 2.05) is 0 Å². The molecule has 21 heavy (non-hydrogen) atoms. The molecule has 0 saturated carbocycles. The van der Waals surface area contributed by atoms with E-state index in [0.29, 0.717) is 6.54 Å². The van der Waals surface area contributed by atoms with Gasteiger partial charge >= 0.3 is 0 Å². The van der Waals surface area contributed by atoms with Crippen molar-refractivity contribution in [3.63, 3.8) is 0 Å². The Hall–Kier alpha value is -1.59. The lowest BCUT2D eigenvalue weighted by Gasteiger charge is -2.20. The molecule has 1 N–H and O–H groups in total. The molecule has 2 aromatic rings. The molecule has 0 aliphatic heterocycles. The monoisotopic (exact) mass is 317 g/mol. The van der Waals surface area contributed by atoms with Crippen molar-refractivity contribution < 1.29 is 17.6 Å². The van der Waals surface area contributed by atoms with Crippen LogP contribution in [0.15, 0.2) is 30.3 Å². The van der Waals surface area contributed by atoms with Crippen LogP contribution in [0.25, 0.3) is 0 Å². The Balaban J connectivity index is 2.59. The molecule has 2 rings (SSSR count). The standard InChI is InChI=1S/C15H12ClF4N/c1-2-21-15(10-7-8(16)3-5-11(10)17)9-4-6-12(18)14(20)13(9)19/h3-7,15,21H,2H2,1H3. The van der Waals surface area contributed by atoms with Crippen molar-refractivity contribution in [2.24, 2.45) is 0 Å². The van der Waals surface area contributed by atoms with Gasteiger partial charge in [-0.15, -0.1) is 0 Å². The first-order chi connectivity index (χ1) is 9.95. The summed E-state index contributed by atoms with van der Waals surface area (Å²) >= 11 is 5.82. The maximum absolute atomic E-state index is 14.0. The number of rotatable bonds is 4. The van der Waals surface area contributed by atoms with E-state index in [1.165, 1.54) is 12.1 Å². The maximum Gasteiger partial charge on any atom is 0.194 e. The van der Waals surface area contributed by atoms with Crippen LogP contribution in [0.4, 0.5) is 17.6 Å². The van der Waals surface area contributed by atoms with Gasteiger partial charge in [0.25, 0.3) is 0 Å². The zero-order valence-electron chi connectivity index (χ0n) is 11.1. The van der Waals surface area contributed by atoms with Gasteiger partial charge in [-0.25, -0.2) is 17.6 Å². The third-order valence-electron chi connectivity index (χ3n) is 3.05. The Morgan fingerprint density at radius 3 is 2.29 bits per heavy atom. The van der Waals surface area contributed by atoms with E-state index < -0.39 is 29.3 Å². The Labute approximate surface area is 124 Å². The average molecular weight is 318 g/mol. The van der Waals surface area contributed by atoms with Crippen LogP contribution in [-0.4, -0.2) is 6.54 Å². The zero-order chi connectivity index (χ0) is 15.6. The molecule has 0 bridgehead atoms. The molecule has 6 heteroatoms. The normalized spacial score (nSPS) is 12.5. The number of hydrogen-bond acceptors (Lipinski definition) is 1. The fourth-order valence-corrected chi connectivity index (χ4v) is 2.27. The van der Waals surface area contributed by atoms with Crippen LogP contribution in [0.5, 0.6) is 0 Å². The van der Waals surface area contributed by atoms with E-state index in [0.717, 1.165) is 18.2 Å². The van der Waals surface area contributed by atoms with Gasteiger partial charge in [-0.3, -0.25) is 0 Å². The smallest absolute Gasteiger partial charge is 0.194 e. The van der Waals surface area contributed by atoms with Gasteiger partial charge in [0.1, 0.15) is 5.82 Å². The van der Waals surface area contributed by atoms with Gasteiger partial charge in [0.15, 0.2) is 17.5 Å². The number of nitrogens with one attached hydrogen (secondary N) is 1. The van der Waals surface area contributed by atoms with Crippen molar-refractivity contribution >= 4 is 11.6 Å². The molecule has 0 amide bonds. The molecule has 0 fully saturated rings. The van der Waals surface area contributed by atoms with Crippen molar-refractivity contribution in [3.05, 3.63) is 69.8 Å². The summed E-state index contributed by atoms with van der Waals surface area (Å²) in [6, 6.07) is 4.74. The summed E-state index contributed by atoms with van der Waals surface area (Å²) in [5.41, 5.74) is -0.119. The first kappa shape index (κ1) is 15.8. The second-order valence-corrected chi connectivity index (χ2v) is 4.86. The van der Waals surface area contributed by atoms with E-state index >= 15 is 0 Å². The van der Waals surface area contributed by atoms with Crippen molar-refractivity contribution in [1.82, 2.24) is 5.32 Å². The first-order valence-corrected chi connectivity index (χ1v) is 6.65. The van der Waals surface area contributed by atoms with Crippen molar-refractivity contribution in [2.75, 3.05) is 6.54 Å². The number of halogens is 5. The van der Waals surface area contributed by atoms with Crippen molar-refractivity contribution in [3.8, 4) is 0 Å². The molecule has 0 aliphatic rings. The third-order valence-corrected chi connectivity index (χ3v) is 3.29. The summed E-state index contributed by atoms with van der Waals surface area (Å²) in [6.07, 6.45) is 0. The van der Waals surface area contributed by atoms with Gasteiger partial charge < -0.3 is 5.32 Å². The molecular formula is C15H12ClF4N. The minimum absolute atomic E-state index is 0.0641. The fraction of sp³-hybridized carbons (Fsp3) is 0.200. The summed E-state index contributed by atoms with van der Waals surface area (Å²) in [5, 5.41) is 3.10. The van der Waals surface area contributed by atoms with Gasteiger partial charge in [-0.05, 0) is 30.8 Å². The average Bonchev–Trinajstić information content (AvgIpc) is 2.46. The molecule has 0 heterocycles. The Morgan fingerprint density at radius 2 is 1.62 bits per heavy atom. The molecule has 0 saturated heterocycles. The molecule has 0 aliphatic carbocycles. The molecule has 2 aromatic carbocycles. The minimum Gasteiger partial charge on any atom is -0.306 e. The van der Waals surface area contributed by atoms with Gasteiger partial charge in [0.05, 0.1) is 6.04 Å². The largest absolute Gasteiger partial charge is 0.306 e. The van der Waals surface area contributed by atoms with Crippen LogP contribution in [0, 0.1) is 23.3 Å². The maximum atomic E-state index is 14.0. The predicted molar refractivity (Wildman–Crippen MR) is 73.2 cm³/mol. The van der Waals surface area contributed by atoms with Crippen LogP contribution in [0.3, 0.4) is 0 Å². The van der Waals surface area contributed by atoms with Gasteiger partial charge in [-0.2, -0.15) is 0 Å². The quantitative estimate of drug-likeness (QED) is 0.642. The van der Waals surface area contributed by atoms with Gasteiger partial charge in [0.2, 0.25) is 0 Å². The molecule has 112 valence electrons. The Kier molecular flexibility index (Phi) is 4.85. The van der Waals surface area contributed by atoms with Crippen molar-refractivity contribution in [1.29, 1.82) is 0 Å². The Morgan fingerprint density at radius 1 is 0.952 bits per heavy atom. The summed E-state index contributed by atoms with van der Waals surface area (Å²) < 4.78 is 54.3. The van der Waals surface area contributed by atoms with E-state index in [-0.39, 0.29) is 16.1 Å². The molecular weight excluding hydrogens is 306 g/mol. The highest BCUT2D eigenvalue weighted by molar-refractivity contribution is 6.30. The topological polar surface area (TPSA) is 12.0 Å². The first-order valence-electron chi connectivity index (χ1n) is 6.27. The van der Waals surface area contributed by atoms with Crippen LogP contribution in [-0.2, 0) is 0 Å². The molecule has 0 aromatic heterocycles. The molecule has 1 atom stereocenters. The predicted octanol–water partition coefficient (Wildman–Crippen LogP) is 4.60. The number of benzene rings is 2. The molecule has 0 spiro atoms. The highest BCUT2D eigenvalue weighted by atomic mass is 35.5. The lowest BCUT2D eigenvalue weighted by atomic mass is 9.97. The lowest BCUT2D eigenvalue weighted by molar-refractivity contribution is 0.431. The van der Waals surface area contributed by atoms with E-state index in [1.54, 1.807) is 6.92 Å².